The molecule has 16 heavy (non-hydrogen) atoms. The SMILES string of the molecule is Cn1nc(C(N)C2CCC2)c2ccccc21. The Morgan fingerprint density at radius 3 is 2.81 bits per heavy atom. The lowest BCUT2D eigenvalue weighted by Gasteiger charge is -2.30. The third kappa shape index (κ3) is 1.35. The van der Waals surface area contributed by atoms with Crippen molar-refractivity contribution < 1.29 is 0 Å². The predicted molar refractivity (Wildman–Crippen MR) is 65.0 cm³/mol. The summed E-state index contributed by atoms with van der Waals surface area (Å²) < 4.78 is 1.93. The van der Waals surface area contributed by atoms with Crippen LogP contribution in [-0.2, 0) is 7.05 Å². The zero-order valence-corrected chi connectivity index (χ0v) is 9.56. The highest BCUT2D eigenvalue weighted by Gasteiger charge is 2.28. The lowest BCUT2D eigenvalue weighted by molar-refractivity contribution is 0.261. The van der Waals surface area contributed by atoms with Crippen LogP contribution < -0.4 is 5.73 Å². The highest BCUT2D eigenvalue weighted by Crippen LogP contribution is 2.37. The molecule has 1 fully saturated rings. The topological polar surface area (TPSA) is 43.8 Å². The minimum absolute atomic E-state index is 0.111. The number of nitrogens with zero attached hydrogens (tertiary/aromatic N) is 2. The molecule has 0 radical (unpaired) electrons. The molecule has 1 heterocycles. The number of benzene rings is 1. The Balaban J connectivity index is 2.08. The van der Waals surface area contributed by atoms with Crippen LogP contribution in [0.25, 0.3) is 10.9 Å². The summed E-state index contributed by atoms with van der Waals surface area (Å²) in [5, 5.41) is 5.80. The number of nitrogens with two attached hydrogens (primary N) is 1. The Morgan fingerprint density at radius 2 is 2.12 bits per heavy atom. The molecule has 84 valence electrons. The van der Waals surface area contributed by atoms with E-state index in [1.54, 1.807) is 0 Å². The number of aromatic nitrogens is 2. The fraction of sp³-hybridized carbons (Fsp3) is 0.462. The van der Waals surface area contributed by atoms with Crippen LogP contribution in [0.5, 0.6) is 0 Å². The normalized spacial score (nSPS) is 18.6. The number of fused-ring (bicyclic) bond motifs is 1. The summed E-state index contributed by atoms with van der Waals surface area (Å²) in [7, 11) is 1.99. The summed E-state index contributed by atoms with van der Waals surface area (Å²) >= 11 is 0. The van der Waals surface area contributed by atoms with Gasteiger partial charge >= 0.3 is 0 Å². The summed E-state index contributed by atoms with van der Waals surface area (Å²) in [6.07, 6.45) is 3.83. The monoisotopic (exact) mass is 215 g/mol. The number of hydrogen-bond donors (Lipinski definition) is 1. The molecular weight excluding hydrogens is 198 g/mol. The van der Waals surface area contributed by atoms with E-state index in [1.807, 2.05) is 17.8 Å². The van der Waals surface area contributed by atoms with Crippen LogP contribution in [0.4, 0.5) is 0 Å². The number of hydrogen-bond acceptors (Lipinski definition) is 2. The van der Waals surface area contributed by atoms with Crippen LogP contribution in [0.15, 0.2) is 24.3 Å². The quantitative estimate of drug-likeness (QED) is 0.835. The van der Waals surface area contributed by atoms with Gasteiger partial charge in [0.05, 0.1) is 17.3 Å². The van der Waals surface area contributed by atoms with Gasteiger partial charge in [0.15, 0.2) is 0 Å². The molecule has 0 bridgehead atoms. The molecule has 1 unspecified atom stereocenters. The van der Waals surface area contributed by atoms with Gasteiger partial charge in [-0.2, -0.15) is 5.10 Å². The van der Waals surface area contributed by atoms with E-state index in [-0.39, 0.29) is 6.04 Å². The molecule has 3 nitrogen and oxygen atoms in total. The van der Waals surface area contributed by atoms with Crippen LogP contribution in [0.2, 0.25) is 0 Å². The smallest absolute Gasteiger partial charge is 0.0873 e. The van der Waals surface area contributed by atoms with Gasteiger partial charge in [-0.1, -0.05) is 24.6 Å². The summed E-state index contributed by atoms with van der Waals surface area (Å²) in [5.41, 5.74) is 8.55. The van der Waals surface area contributed by atoms with Crippen LogP contribution in [0.3, 0.4) is 0 Å². The lowest BCUT2D eigenvalue weighted by Crippen LogP contribution is -2.27. The Labute approximate surface area is 95.2 Å². The third-order valence-electron chi connectivity index (χ3n) is 3.76. The maximum absolute atomic E-state index is 6.30. The predicted octanol–water partition coefficient (Wildman–Crippen LogP) is 2.37. The van der Waals surface area contributed by atoms with Gasteiger partial charge in [0, 0.05) is 12.4 Å². The summed E-state index contributed by atoms with van der Waals surface area (Å²) in [6.45, 7) is 0. The van der Waals surface area contributed by atoms with E-state index >= 15 is 0 Å². The number of aryl methyl sites for hydroxylation is 1. The van der Waals surface area contributed by atoms with Crippen LogP contribution in [0, 0.1) is 5.92 Å². The van der Waals surface area contributed by atoms with Crippen molar-refractivity contribution in [2.45, 2.75) is 25.3 Å². The standard InChI is InChI=1S/C13H17N3/c1-16-11-8-3-2-7-10(11)13(15-16)12(14)9-5-4-6-9/h2-3,7-9,12H,4-6,14H2,1H3. The zero-order valence-electron chi connectivity index (χ0n) is 9.56. The minimum atomic E-state index is 0.111. The van der Waals surface area contributed by atoms with Crippen LogP contribution in [0.1, 0.15) is 31.0 Å². The zero-order chi connectivity index (χ0) is 11.1. The number of rotatable bonds is 2. The van der Waals surface area contributed by atoms with Gasteiger partial charge in [-0.15, -0.1) is 0 Å². The van der Waals surface area contributed by atoms with Gasteiger partial charge in [0.1, 0.15) is 0 Å². The molecule has 0 amide bonds. The fourth-order valence-corrected chi connectivity index (χ4v) is 2.51. The molecular formula is C13H17N3. The first kappa shape index (κ1) is 9.85. The molecule has 1 atom stereocenters. The molecule has 1 aliphatic carbocycles. The van der Waals surface area contributed by atoms with Crippen LogP contribution in [-0.4, -0.2) is 9.78 Å². The van der Waals surface area contributed by atoms with Gasteiger partial charge in [-0.05, 0) is 24.8 Å². The van der Waals surface area contributed by atoms with Gasteiger partial charge in [-0.25, -0.2) is 0 Å². The minimum Gasteiger partial charge on any atom is -0.322 e. The first-order chi connectivity index (χ1) is 7.77. The second kappa shape index (κ2) is 3.59. The molecule has 3 heteroatoms. The average Bonchev–Trinajstić information content (AvgIpc) is 2.55. The molecule has 3 rings (SSSR count). The van der Waals surface area contributed by atoms with E-state index in [4.69, 9.17) is 5.73 Å². The second-order valence-electron chi connectivity index (χ2n) is 4.74. The summed E-state index contributed by atoms with van der Waals surface area (Å²) in [6, 6.07) is 8.43. The summed E-state index contributed by atoms with van der Waals surface area (Å²) in [4.78, 5) is 0. The first-order valence-electron chi connectivity index (χ1n) is 5.94. The van der Waals surface area contributed by atoms with Crippen molar-refractivity contribution in [2.24, 2.45) is 18.7 Å². The van der Waals surface area contributed by atoms with E-state index in [9.17, 15) is 0 Å². The maximum Gasteiger partial charge on any atom is 0.0873 e. The molecule has 1 saturated carbocycles. The highest BCUT2D eigenvalue weighted by atomic mass is 15.3. The van der Waals surface area contributed by atoms with Gasteiger partial charge in [-0.3, -0.25) is 4.68 Å². The molecule has 0 saturated heterocycles. The number of para-hydroxylation sites is 1. The van der Waals surface area contributed by atoms with Gasteiger partial charge in [0.2, 0.25) is 0 Å². The molecule has 2 aromatic rings. The van der Waals surface area contributed by atoms with Crippen molar-refractivity contribution in [1.82, 2.24) is 9.78 Å². The third-order valence-corrected chi connectivity index (χ3v) is 3.76. The summed E-state index contributed by atoms with van der Waals surface area (Å²) in [5.74, 6) is 0.637. The lowest BCUT2D eigenvalue weighted by atomic mass is 9.78. The van der Waals surface area contributed by atoms with E-state index < -0.39 is 0 Å². The van der Waals surface area contributed by atoms with E-state index in [2.05, 4.69) is 23.3 Å². The largest absolute Gasteiger partial charge is 0.322 e. The molecule has 1 aliphatic rings. The van der Waals surface area contributed by atoms with Gasteiger partial charge < -0.3 is 5.73 Å². The van der Waals surface area contributed by atoms with Crippen molar-refractivity contribution >= 4 is 10.9 Å². The molecule has 0 spiro atoms. The van der Waals surface area contributed by atoms with E-state index in [1.165, 1.54) is 30.2 Å². The Hall–Kier alpha value is -1.35. The van der Waals surface area contributed by atoms with Crippen molar-refractivity contribution in [2.75, 3.05) is 0 Å². The van der Waals surface area contributed by atoms with Crippen molar-refractivity contribution in [3.05, 3.63) is 30.0 Å². The molecule has 2 N–H and O–H groups in total. The van der Waals surface area contributed by atoms with E-state index in [0.717, 1.165) is 5.69 Å². The Kier molecular flexibility index (Phi) is 2.21. The van der Waals surface area contributed by atoms with Gasteiger partial charge in [0.25, 0.3) is 0 Å². The molecule has 1 aromatic carbocycles. The fourth-order valence-electron chi connectivity index (χ4n) is 2.51. The van der Waals surface area contributed by atoms with Crippen molar-refractivity contribution in [3.63, 3.8) is 0 Å². The molecule has 0 aliphatic heterocycles. The van der Waals surface area contributed by atoms with E-state index in [0.29, 0.717) is 5.92 Å². The Bertz CT molecular complexity index is 511. The van der Waals surface area contributed by atoms with Crippen LogP contribution >= 0.6 is 0 Å². The van der Waals surface area contributed by atoms with Crippen molar-refractivity contribution in [1.29, 1.82) is 0 Å². The average molecular weight is 215 g/mol. The first-order valence-corrected chi connectivity index (χ1v) is 5.94. The molecule has 1 aromatic heterocycles. The highest BCUT2D eigenvalue weighted by molar-refractivity contribution is 5.82. The maximum atomic E-state index is 6.30. The Morgan fingerprint density at radius 1 is 1.38 bits per heavy atom. The van der Waals surface area contributed by atoms with Crippen molar-refractivity contribution in [3.8, 4) is 0 Å². The second-order valence-corrected chi connectivity index (χ2v) is 4.74.